The molecule has 1 unspecified atom stereocenters. The normalized spacial score (nSPS) is 19.4. The van der Waals surface area contributed by atoms with Gasteiger partial charge >= 0.3 is 0 Å². The lowest BCUT2D eigenvalue weighted by Gasteiger charge is -2.27. The second kappa shape index (κ2) is 6.75. The number of rotatable bonds is 4. The Morgan fingerprint density at radius 1 is 1.52 bits per heavy atom. The van der Waals surface area contributed by atoms with Gasteiger partial charge in [0.05, 0.1) is 16.7 Å². The summed E-state index contributed by atoms with van der Waals surface area (Å²) in [4.78, 5) is -0.00511. The molecule has 1 saturated heterocycles. The van der Waals surface area contributed by atoms with Crippen molar-refractivity contribution in [3.05, 3.63) is 28.8 Å². The van der Waals surface area contributed by atoms with Gasteiger partial charge in [-0.3, -0.25) is 0 Å². The van der Waals surface area contributed by atoms with Crippen LogP contribution in [0.3, 0.4) is 0 Å². The minimum Gasteiger partial charge on any atom is -0.316 e. The van der Waals surface area contributed by atoms with Crippen LogP contribution in [-0.2, 0) is 10.0 Å². The fourth-order valence-electron chi connectivity index (χ4n) is 2.48. The Balaban J connectivity index is 2.22. The van der Waals surface area contributed by atoms with E-state index in [-0.39, 0.29) is 15.5 Å². The molecule has 1 N–H and O–H groups in total. The smallest absolute Gasteiger partial charge is 0.244 e. The van der Waals surface area contributed by atoms with Crippen LogP contribution in [0.5, 0.6) is 0 Å². The van der Waals surface area contributed by atoms with Crippen LogP contribution >= 0.6 is 11.6 Å². The number of sulfonamides is 1. The largest absolute Gasteiger partial charge is 0.316 e. The Kier molecular flexibility index (Phi) is 5.22. The first-order chi connectivity index (χ1) is 9.95. The first kappa shape index (κ1) is 16.2. The van der Waals surface area contributed by atoms with Gasteiger partial charge < -0.3 is 5.32 Å². The van der Waals surface area contributed by atoms with Crippen LogP contribution < -0.4 is 5.32 Å². The van der Waals surface area contributed by atoms with E-state index < -0.39 is 10.0 Å². The zero-order valence-electron chi connectivity index (χ0n) is 11.8. The third-order valence-corrected chi connectivity index (χ3v) is 5.97. The molecule has 2 rings (SSSR count). The highest BCUT2D eigenvalue weighted by atomic mass is 35.5. The van der Waals surface area contributed by atoms with Crippen LogP contribution in [0.2, 0.25) is 5.02 Å². The molecule has 0 radical (unpaired) electrons. The lowest BCUT2D eigenvalue weighted by molar-refractivity contribution is 0.315. The Labute approximate surface area is 130 Å². The summed E-state index contributed by atoms with van der Waals surface area (Å²) < 4.78 is 26.5. The molecule has 0 amide bonds. The summed E-state index contributed by atoms with van der Waals surface area (Å²) in [5.74, 6) is 0.302. The van der Waals surface area contributed by atoms with Gasteiger partial charge in [0.25, 0.3) is 0 Å². The predicted molar refractivity (Wildman–Crippen MR) is 81.6 cm³/mol. The van der Waals surface area contributed by atoms with Gasteiger partial charge in [-0.05, 0) is 50.0 Å². The van der Waals surface area contributed by atoms with E-state index in [1.54, 1.807) is 7.05 Å². The first-order valence-electron chi connectivity index (χ1n) is 6.82. The van der Waals surface area contributed by atoms with Gasteiger partial charge in [-0.1, -0.05) is 11.6 Å². The molecule has 0 aromatic heterocycles. The number of nitrogens with one attached hydrogen (secondary N) is 1. The number of benzene rings is 1. The van der Waals surface area contributed by atoms with E-state index in [2.05, 4.69) is 5.32 Å². The molecular weight excluding hydrogens is 310 g/mol. The molecule has 0 saturated carbocycles. The lowest BCUT2D eigenvalue weighted by Crippen LogP contribution is -2.39. The molecule has 1 atom stereocenters. The highest BCUT2D eigenvalue weighted by Gasteiger charge is 2.27. The van der Waals surface area contributed by atoms with Gasteiger partial charge in [0.1, 0.15) is 4.90 Å². The van der Waals surface area contributed by atoms with Crippen molar-refractivity contribution in [1.29, 1.82) is 5.26 Å². The molecule has 0 aliphatic carbocycles. The van der Waals surface area contributed by atoms with Crippen LogP contribution in [0.25, 0.3) is 0 Å². The molecule has 114 valence electrons. The Morgan fingerprint density at radius 3 is 2.90 bits per heavy atom. The summed E-state index contributed by atoms with van der Waals surface area (Å²) in [6.07, 6.45) is 2.07. The van der Waals surface area contributed by atoms with Gasteiger partial charge in [0.15, 0.2) is 0 Å². The third-order valence-electron chi connectivity index (χ3n) is 3.66. The van der Waals surface area contributed by atoms with E-state index in [1.165, 1.54) is 22.5 Å². The van der Waals surface area contributed by atoms with Crippen LogP contribution in [0.1, 0.15) is 18.4 Å². The highest BCUT2D eigenvalue weighted by molar-refractivity contribution is 7.89. The van der Waals surface area contributed by atoms with E-state index in [4.69, 9.17) is 16.9 Å². The van der Waals surface area contributed by atoms with Gasteiger partial charge in [0, 0.05) is 13.6 Å². The van der Waals surface area contributed by atoms with E-state index in [0.29, 0.717) is 12.5 Å². The van der Waals surface area contributed by atoms with Crippen LogP contribution in [0.4, 0.5) is 0 Å². The van der Waals surface area contributed by atoms with Crippen LogP contribution in [0, 0.1) is 17.2 Å². The van der Waals surface area contributed by atoms with Crippen molar-refractivity contribution in [1.82, 2.24) is 9.62 Å². The number of nitriles is 1. The van der Waals surface area contributed by atoms with Crippen molar-refractivity contribution in [3.8, 4) is 6.07 Å². The van der Waals surface area contributed by atoms with Gasteiger partial charge in [-0.15, -0.1) is 0 Å². The SMILES string of the molecule is CN(CC1CCCNC1)S(=O)(=O)c1cc(C#N)ccc1Cl. The molecule has 1 fully saturated rings. The second-order valence-electron chi connectivity index (χ2n) is 5.25. The fourth-order valence-corrected chi connectivity index (χ4v) is 4.22. The molecular formula is C14H18ClN3O2S. The van der Waals surface area contributed by atoms with Gasteiger partial charge in [0.2, 0.25) is 10.0 Å². The van der Waals surface area contributed by atoms with E-state index >= 15 is 0 Å². The van der Waals surface area contributed by atoms with Crippen molar-refractivity contribution >= 4 is 21.6 Å². The van der Waals surface area contributed by atoms with E-state index in [0.717, 1.165) is 25.9 Å². The van der Waals surface area contributed by atoms with Crippen molar-refractivity contribution in [3.63, 3.8) is 0 Å². The monoisotopic (exact) mass is 327 g/mol. The average Bonchev–Trinajstić information content (AvgIpc) is 2.48. The molecule has 5 nitrogen and oxygen atoms in total. The molecule has 1 heterocycles. The minimum absolute atomic E-state index is 0.00511. The molecule has 0 bridgehead atoms. The Bertz CT molecular complexity index is 649. The number of hydrogen-bond acceptors (Lipinski definition) is 4. The summed E-state index contributed by atoms with van der Waals surface area (Å²) in [6.45, 7) is 2.26. The van der Waals surface area contributed by atoms with Gasteiger partial charge in [-0.25, -0.2) is 12.7 Å². The van der Waals surface area contributed by atoms with Crippen LogP contribution in [0.15, 0.2) is 23.1 Å². The van der Waals surface area contributed by atoms with Crippen LogP contribution in [-0.4, -0.2) is 39.4 Å². The standard InChI is InChI=1S/C14H18ClN3O2S/c1-18(10-12-3-2-6-17-9-12)21(19,20)14-7-11(8-16)4-5-13(14)15/h4-5,7,12,17H,2-3,6,9-10H2,1H3. The number of piperidine rings is 1. The molecule has 21 heavy (non-hydrogen) atoms. The van der Waals surface area contributed by atoms with E-state index in [9.17, 15) is 8.42 Å². The van der Waals surface area contributed by atoms with Crippen molar-refractivity contribution in [2.45, 2.75) is 17.7 Å². The molecule has 0 spiro atoms. The number of hydrogen-bond donors (Lipinski definition) is 1. The maximum Gasteiger partial charge on any atom is 0.244 e. The molecule has 1 aromatic carbocycles. The second-order valence-corrected chi connectivity index (χ2v) is 7.68. The third kappa shape index (κ3) is 3.74. The Morgan fingerprint density at radius 2 is 2.29 bits per heavy atom. The van der Waals surface area contributed by atoms with Crippen molar-refractivity contribution in [2.75, 3.05) is 26.7 Å². The average molecular weight is 328 g/mol. The summed E-state index contributed by atoms with van der Waals surface area (Å²) >= 11 is 6.00. The molecule has 1 aliphatic rings. The quantitative estimate of drug-likeness (QED) is 0.915. The maximum atomic E-state index is 12.6. The Hall–Kier alpha value is -1.13. The molecule has 1 aliphatic heterocycles. The zero-order valence-corrected chi connectivity index (χ0v) is 13.4. The lowest BCUT2D eigenvalue weighted by atomic mass is 10.00. The topological polar surface area (TPSA) is 73.2 Å². The zero-order chi connectivity index (χ0) is 15.5. The maximum absolute atomic E-state index is 12.6. The van der Waals surface area contributed by atoms with Crippen molar-refractivity contribution in [2.24, 2.45) is 5.92 Å². The first-order valence-corrected chi connectivity index (χ1v) is 8.63. The predicted octanol–water partition coefficient (Wildman–Crippen LogP) is 1.83. The minimum atomic E-state index is -3.68. The molecule has 1 aromatic rings. The van der Waals surface area contributed by atoms with Gasteiger partial charge in [-0.2, -0.15) is 5.26 Å². The highest BCUT2D eigenvalue weighted by Crippen LogP contribution is 2.26. The summed E-state index contributed by atoms with van der Waals surface area (Å²) in [7, 11) is -2.12. The summed E-state index contributed by atoms with van der Waals surface area (Å²) in [6, 6.07) is 6.22. The summed E-state index contributed by atoms with van der Waals surface area (Å²) in [5.41, 5.74) is 0.283. The van der Waals surface area contributed by atoms with Crippen molar-refractivity contribution < 1.29 is 8.42 Å². The fraction of sp³-hybridized carbons (Fsp3) is 0.500. The number of halogens is 1. The molecule has 7 heteroatoms. The summed E-state index contributed by atoms with van der Waals surface area (Å²) in [5, 5.41) is 12.3. The number of nitrogens with zero attached hydrogens (tertiary/aromatic N) is 2. The van der Waals surface area contributed by atoms with E-state index in [1.807, 2.05) is 6.07 Å².